The number of hydrogen-bond donors (Lipinski definition) is 1. The van der Waals surface area contributed by atoms with Crippen LogP contribution in [-0.2, 0) is 0 Å². The van der Waals surface area contributed by atoms with Crippen LogP contribution in [0.15, 0.2) is 18.2 Å². The fraction of sp³-hybridized carbons (Fsp3) is 0.684. The average Bonchev–Trinajstić information content (AvgIpc) is 2.40. The second-order valence-corrected chi connectivity index (χ2v) is 7.38. The zero-order chi connectivity index (χ0) is 14.8. The number of benzene rings is 1. The van der Waals surface area contributed by atoms with Crippen LogP contribution in [0.3, 0.4) is 0 Å². The lowest BCUT2D eigenvalue weighted by Gasteiger charge is -2.38. The Labute approximate surface area is 125 Å². The van der Waals surface area contributed by atoms with E-state index in [1.165, 1.54) is 42.4 Å². The van der Waals surface area contributed by atoms with Crippen LogP contribution in [0, 0.1) is 25.2 Å². The van der Waals surface area contributed by atoms with Crippen molar-refractivity contribution < 1.29 is 0 Å². The fourth-order valence-corrected chi connectivity index (χ4v) is 3.49. The van der Waals surface area contributed by atoms with Crippen LogP contribution in [0.4, 0.5) is 0 Å². The molecule has 0 heterocycles. The van der Waals surface area contributed by atoms with Crippen molar-refractivity contribution in [2.75, 3.05) is 6.54 Å². The van der Waals surface area contributed by atoms with E-state index in [1.807, 2.05) is 0 Å². The highest BCUT2D eigenvalue weighted by Crippen LogP contribution is 2.42. The molecule has 20 heavy (non-hydrogen) atoms. The summed E-state index contributed by atoms with van der Waals surface area (Å²) >= 11 is 0. The topological polar surface area (TPSA) is 12.0 Å². The molecule has 1 N–H and O–H groups in total. The number of hydrogen-bond acceptors (Lipinski definition) is 1. The molecule has 1 saturated carbocycles. The van der Waals surface area contributed by atoms with E-state index in [9.17, 15) is 0 Å². The molecule has 0 aromatic heterocycles. The summed E-state index contributed by atoms with van der Waals surface area (Å²) < 4.78 is 0. The second kappa shape index (κ2) is 6.30. The first kappa shape index (κ1) is 15.6. The summed E-state index contributed by atoms with van der Waals surface area (Å²) in [6.07, 6.45) is 5.45. The van der Waals surface area contributed by atoms with Gasteiger partial charge in [-0.3, -0.25) is 0 Å². The van der Waals surface area contributed by atoms with Crippen LogP contribution in [0.1, 0.15) is 69.2 Å². The van der Waals surface area contributed by atoms with Crippen molar-refractivity contribution in [3.05, 3.63) is 34.9 Å². The maximum Gasteiger partial charge on any atom is 0.0348 e. The third kappa shape index (κ3) is 3.63. The summed E-state index contributed by atoms with van der Waals surface area (Å²) in [5.74, 6) is 0.796. The molecule has 1 aromatic carbocycles. The van der Waals surface area contributed by atoms with Crippen LogP contribution in [-0.4, -0.2) is 6.54 Å². The molecule has 1 aromatic rings. The van der Waals surface area contributed by atoms with Crippen molar-refractivity contribution >= 4 is 0 Å². The van der Waals surface area contributed by atoms with Gasteiger partial charge in [0.25, 0.3) is 0 Å². The normalized spacial score (nSPS) is 20.9. The molecule has 0 amide bonds. The van der Waals surface area contributed by atoms with E-state index in [0.29, 0.717) is 11.5 Å². The lowest BCUT2D eigenvalue weighted by atomic mass is 9.70. The predicted octanol–water partition coefficient (Wildman–Crippen LogP) is 5.17. The zero-order valence-corrected chi connectivity index (χ0v) is 13.9. The summed E-state index contributed by atoms with van der Waals surface area (Å²) in [4.78, 5) is 0. The zero-order valence-electron chi connectivity index (χ0n) is 13.9. The molecule has 0 spiro atoms. The van der Waals surface area contributed by atoms with Crippen LogP contribution >= 0.6 is 0 Å². The van der Waals surface area contributed by atoms with Crippen molar-refractivity contribution in [1.29, 1.82) is 0 Å². The third-order valence-electron chi connectivity index (χ3n) is 5.17. The first-order chi connectivity index (χ1) is 9.43. The van der Waals surface area contributed by atoms with Crippen molar-refractivity contribution in [2.24, 2.45) is 11.3 Å². The van der Waals surface area contributed by atoms with Crippen molar-refractivity contribution in [1.82, 2.24) is 5.32 Å². The molecule has 0 saturated heterocycles. The molecular formula is C19H31N. The highest BCUT2D eigenvalue weighted by Gasteiger charge is 2.31. The third-order valence-corrected chi connectivity index (χ3v) is 5.17. The van der Waals surface area contributed by atoms with E-state index >= 15 is 0 Å². The Morgan fingerprint density at radius 2 is 1.80 bits per heavy atom. The van der Waals surface area contributed by atoms with E-state index in [2.05, 4.69) is 58.1 Å². The Bertz CT molecular complexity index is 437. The van der Waals surface area contributed by atoms with Gasteiger partial charge in [0.15, 0.2) is 0 Å². The van der Waals surface area contributed by atoms with Gasteiger partial charge in [-0.1, -0.05) is 39.0 Å². The van der Waals surface area contributed by atoms with Crippen molar-refractivity contribution in [2.45, 2.75) is 66.3 Å². The second-order valence-electron chi connectivity index (χ2n) is 7.38. The maximum atomic E-state index is 3.74. The van der Waals surface area contributed by atoms with Gasteiger partial charge in [-0.15, -0.1) is 0 Å². The monoisotopic (exact) mass is 273 g/mol. The molecule has 0 radical (unpaired) electrons. The van der Waals surface area contributed by atoms with Crippen LogP contribution in [0.5, 0.6) is 0 Å². The molecule has 0 aliphatic heterocycles. The van der Waals surface area contributed by atoms with E-state index in [-0.39, 0.29) is 0 Å². The Hall–Kier alpha value is -0.820. The molecule has 112 valence electrons. The summed E-state index contributed by atoms with van der Waals surface area (Å²) in [7, 11) is 0. The van der Waals surface area contributed by atoms with Gasteiger partial charge in [0.2, 0.25) is 0 Å². The fourth-order valence-electron chi connectivity index (χ4n) is 3.49. The molecular weight excluding hydrogens is 242 g/mol. The molecule has 1 nitrogen and oxygen atoms in total. The largest absolute Gasteiger partial charge is 0.310 e. The lowest BCUT2D eigenvalue weighted by Crippen LogP contribution is -2.32. The van der Waals surface area contributed by atoms with Crippen LogP contribution < -0.4 is 5.32 Å². The number of nitrogens with one attached hydrogen (secondary N) is 1. The highest BCUT2D eigenvalue weighted by molar-refractivity contribution is 5.32. The summed E-state index contributed by atoms with van der Waals surface area (Å²) in [6, 6.07) is 7.54. The molecule has 1 atom stereocenters. The van der Waals surface area contributed by atoms with Crippen molar-refractivity contribution in [3.8, 4) is 0 Å². The van der Waals surface area contributed by atoms with Gasteiger partial charge in [-0.25, -0.2) is 0 Å². The Balaban J connectivity index is 2.16. The molecule has 1 fully saturated rings. The first-order valence-corrected chi connectivity index (χ1v) is 8.23. The van der Waals surface area contributed by atoms with E-state index in [0.717, 1.165) is 12.5 Å². The summed E-state index contributed by atoms with van der Waals surface area (Å²) in [6.45, 7) is 12.5. The van der Waals surface area contributed by atoms with Crippen LogP contribution in [0.25, 0.3) is 0 Å². The molecule has 2 rings (SSSR count). The van der Waals surface area contributed by atoms with Gasteiger partial charge >= 0.3 is 0 Å². The Kier molecular flexibility index (Phi) is 4.90. The maximum absolute atomic E-state index is 3.74. The smallest absolute Gasteiger partial charge is 0.0348 e. The molecule has 1 heteroatoms. The minimum absolute atomic E-state index is 0.537. The number of aryl methyl sites for hydroxylation is 2. The van der Waals surface area contributed by atoms with Gasteiger partial charge in [-0.05, 0) is 74.1 Å². The predicted molar refractivity (Wildman–Crippen MR) is 88.1 cm³/mol. The van der Waals surface area contributed by atoms with Gasteiger partial charge in [-0.2, -0.15) is 0 Å². The van der Waals surface area contributed by atoms with E-state index in [1.54, 1.807) is 0 Å². The van der Waals surface area contributed by atoms with Crippen LogP contribution in [0.2, 0.25) is 0 Å². The average molecular weight is 273 g/mol. The SMILES string of the molecule is CCNC(c1ccc(C)c(C)c1)C1CCC(C)(C)CC1. The van der Waals surface area contributed by atoms with Gasteiger partial charge in [0.05, 0.1) is 0 Å². The summed E-state index contributed by atoms with van der Waals surface area (Å²) in [5, 5.41) is 3.74. The molecule has 0 bridgehead atoms. The quantitative estimate of drug-likeness (QED) is 0.798. The minimum atomic E-state index is 0.537. The van der Waals surface area contributed by atoms with Gasteiger partial charge in [0.1, 0.15) is 0 Å². The van der Waals surface area contributed by atoms with Gasteiger partial charge < -0.3 is 5.32 Å². The number of rotatable bonds is 4. The van der Waals surface area contributed by atoms with E-state index < -0.39 is 0 Å². The minimum Gasteiger partial charge on any atom is -0.310 e. The Morgan fingerprint density at radius 3 is 2.35 bits per heavy atom. The lowest BCUT2D eigenvalue weighted by molar-refractivity contribution is 0.162. The first-order valence-electron chi connectivity index (χ1n) is 8.23. The standard InChI is InChI=1S/C19H31N/c1-6-20-18(16-9-11-19(4,5)12-10-16)17-8-7-14(2)15(3)13-17/h7-8,13,16,18,20H,6,9-12H2,1-5H3. The van der Waals surface area contributed by atoms with Crippen molar-refractivity contribution in [3.63, 3.8) is 0 Å². The van der Waals surface area contributed by atoms with E-state index in [4.69, 9.17) is 0 Å². The van der Waals surface area contributed by atoms with Gasteiger partial charge in [0, 0.05) is 6.04 Å². The molecule has 1 aliphatic carbocycles. The Morgan fingerprint density at radius 1 is 1.15 bits per heavy atom. The summed E-state index contributed by atoms with van der Waals surface area (Å²) in [5.41, 5.74) is 4.85. The molecule has 1 aliphatic rings. The highest BCUT2D eigenvalue weighted by atomic mass is 14.9. The molecule has 1 unspecified atom stereocenters.